The molecule has 0 aliphatic rings. The Morgan fingerprint density at radius 3 is 2.36 bits per heavy atom. The van der Waals surface area contributed by atoms with Crippen molar-refractivity contribution in [2.45, 2.75) is 6.42 Å². The molecule has 0 aliphatic heterocycles. The molecule has 170 valence electrons. The number of fused-ring (bicyclic) bond motifs is 1. The van der Waals surface area contributed by atoms with Crippen molar-refractivity contribution >= 4 is 17.4 Å². The summed E-state index contributed by atoms with van der Waals surface area (Å²) in [6.07, 6.45) is 5.23. The number of imidazole rings is 1. The Morgan fingerprint density at radius 1 is 0.939 bits per heavy atom. The first-order chi connectivity index (χ1) is 16.1. The van der Waals surface area contributed by atoms with E-state index in [0.29, 0.717) is 40.2 Å². The van der Waals surface area contributed by atoms with Crippen molar-refractivity contribution < 1.29 is 23.7 Å². The van der Waals surface area contributed by atoms with E-state index < -0.39 is 0 Å². The lowest BCUT2D eigenvalue weighted by atomic mass is 10.1. The van der Waals surface area contributed by atoms with Crippen LogP contribution in [0.15, 0.2) is 55.0 Å². The van der Waals surface area contributed by atoms with Gasteiger partial charge in [-0.1, -0.05) is 12.1 Å². The summed E-state index contributed by atoms with van der Waals surface area (Å²) in [4.78, 5) is 21.5. The molecular formula is C24H24N4O5. The van der Waals surface area contributed by atoms with E-state index in [2.05, 4.69) is 15.3 Å². The lowest BCUT2D eigenvalue weighted by Gasteiger charge is -2.14. The molecule has 4 aromatic rings. The van der Waals surface area contributed by atoms with Crippen LogP contribution in [0.5, 0.6) is 23.0 Å². The van der Waals surface area contributed by atoms with E-state index in [9.17, 15) is 4.79 Å². The van der Waals surface area contributed by atoms with Crippen molar-refractivity contribution in [3.63, 3.8) is 0 Å². The maximum Gasteiger partial charge on any atom is 0.229 e. The number of methoxy groups -OCH3 is 4. The third kappa shape index (κ3) is 4.52. The Labute approximate surface area is 190 Å². The predicted octanol–water partition coefficient (Wildman–Crippen LogP) is 3.61. The fourth-order valence-electron chi connectivity index (χ4n) is 3.51. The molecule has 0 bridgehead atoms. The summed E-state index contributed by atoms with van der Waals surface area (Å²) in [7, 11) is 6.26. The Kier molecular flexibility index (Phi) is 6.30. The van der Waals surface area contributed by atoms with Crippen LogP contribution in [0.25, 0.3) is 16.9 Å². The number of anilines is 1. The number of hydrogen-bond acceptors (Lipinski definition) is 7. The van der Waals surface area contributed by atoms with Crippen molar-refractivity contribution in [1.29, 1.82) is 0 Å². The zero-order valence-electron chi connectivity index (χ0n) is 18.8. The summed E-state index contributed by atoms with van der Waals surface area (Å²) in [5.41, 5.74) is 2.85. The van der Waals surface area contributed by atoms with Crippen LogP contribution in [0.2, 0.25) is 0 Å². The molecule has 0 fully saturated rings. The lowest BCUT2D eigenvalue weighted by Crippen LogP contribution is -2.15. The number of carbonyl (C=O) groups excluding carboxylic acids is 1. The predicted molar refractivity (Wildman–Crippen MR) is 123 cm³/mol. The number of ether oxygens (including phenoxy) is 4. The summed E-state index contributed by atoms with van der Waals surface area (Å²) in [5.74, 6) is 2.61. The third-order valence-corrected chi connectivity index (χ3v) is 5.12. The highest BCUT2D eigenvalue weighted by molar-refractivity contribution is 5.92. The van der Waals surface area contributed by atoms with Gasteiger partial charge < -0.3 is 24.3 Å². The Bertz CT molecular complexity index is 1280. The highest BCUT2D eigenvalue weighted by atomic mass is 16.5. The van der Waals surface area contributed by atoms with Gasteiger partial charge in [0.2, 0.25) is 11.7 Å². The maximum absolute atomic E-state index is 12.7. The average molecular weight is 448 g/mol. The van der Waals surface area contributed by atoms with Crippen molar-refractivity contribution in [3.05, 3.63) is 60.6 Å². The van der Waals surface area contributed by atoms with Gasteiger partial charge in [-0.05, 0) is 29.8 Å². The third-order valence-electron chi connectivity index (χ3n) is 5.12. The zero-order valence-corrected chi connectivity index (χ0v) is 18.8. The molecule has 0 radical (unpaired) electrons. The van der Waals surface area contributed by atoms with Crippen LogP contribution in [0.1, 0.15) is 5.56 Å². The number of aromatic nitrogens is 3. The molecule has 0 spiro atoms. The molecule has 9 heteroatoms. The fraction of sp³-hybridized carbons (Fsp3) is 0.208. The molecule has 1 N–H and O–H groups in total. The van der Waals surface area contributed by atoms with Crippen LogP contribution in [-0.4, -0.2) is 48.7 Å². The van der Waals surface area contributed by atoms with Gasteiger partial charge in [-0.25, -0.2) is 4.98 Å². The largest absolute Gasteiger partial charge is 0.497 e. The van der Waals surface area contributed by atoms with Crippen molar-refractivity contribution in [1.82, 2.24) is 14.4 Å². The van der Waals surface area contributed by atoms with Gasteiger partial charge in [0.05, 0.1) is 52.9 Å². The minimum Gasteiger partial charge on any atom is -0.497 e. The van der Waals surface area contributed by atoms with Gasteiger partial charge >= 0.3 is 0 Å². The van der Waals surface area contributed by atoms with E-state index in [-0.39, 0.29) is 12.3 Å². The fourth-order valence-corrected chi connectivity index (χ4v) is 3.51. The second-order valence-electron chi connectivity index (χ2n) is 7.13. The second kappa shape index (κ2) is 9.47. The molecule has 1 amide bonds. The van der Waals surface area contributed by atoms with Gasteiger partial charge in [0.15, 0.2) is 17.1 Å². The van der Waals surface area contributed by atoms with Gasteiger partial charge in [-0.3, -0.25) is 14.2 Å². The van der Waals surface area contributed by atoms with E-state index in [4.69, 9.17) is 18.9 Å². The van der Waals surface area contributed by atoms with Crippen LogP contribution in [-0.2, 0) is 11.2 Å². The normalized spacial score (nSPS) is 10.7. The van der Waals surface area contributed by atoms with E-state index in [1.807, 2.05) is 36.4 Å². The summed E-state index contributed by atoms with van der Waals surface area (Å²) in [6.45, 7) is 0. The summed E-state index contributed by atoms with van der Waals surface area (Å²) in [5, 5.41) is 2.92. The summed E-state index contributed by atoms with van der Waals surface area (Å²) >= 11 is 0. The van der Waals surface area contributed by atoms with Crippen LogP contribution in [0.4, 0.5) is 5.82 Å². The number of nitrogens with one attached hydrogen (secondary N) is 1. The maximum atomic E-state index is 12.7. The molecule has 0 saturated carbocycles. The molecule has 2 aromatic carbocycles. The van der Waals surface area contributed by atoms with Crippen molar-refractivity contribution in [3.8, 4) is 34.3 Å². The number of carbonyl (C=O) groups is 1. The molecular weight excluding hydrogens is 424 g/mol. The van der Waals surface area contributed by atoms with Crippen molar-refractivity contribution in [2.24, 2.45) is 0 Å². The molecule has 0 saturated heterocycles. The van der Waals surface area contributed by atoms with E-state index >= 15 is 0 Å². The average Bonchev–Trinajstić information content (AvgIpc) is 3.24. The van der Waals surface area contributed by atoms with Crippen molar-refractivity contribution in [2.75, 3.05) is 33.8 Å². The van der Waals surface area contributed by atoms with Crippen LogP contribution < -0.4 is 24.3 Å². The minimum absolute atomic E-state index is 0.170. The highest BCUT2D eigenvalue weighted by Gasteiger charge is 2.16. The molecule has 0 atom stereocenters. The Balaban J connectivity index is 1.63. The summed E-state index contributed by atoms with van der Waals surface area (Å²) < 4.78 is 23.3. The van der Waals surface area contributed by atoms with E-state index in [0.717, 1.165) is 11.1 Å². The number of amides is 1. The molecule has 4 rings (SSSR count). The van der Waals surface area contributed by atoms with Gasteiger partial charge in [-0.2, -0.15) is 0 Å². The summed E-state index contributed by atoms with van der Waals surface area (Å²) in [6, 6.07) is 11.0. The topological polar surface area (TPSA) is 96.2 Å². The monoisotopic (exact) mass is 448 g/mol. The minimum atomic E-state index is -0.170. The molecule has 2 heterocycles. The van der Waals surface area contributed by atoms with Crippen LogP contribution in [0, 0.1) is 0 Å². The number of nitrogens with zero attached hydrogens (tertiary/aromatic N) is 3. The molecule has 33 heavy (non-hydrogen) atoms. The zero-order chi connectivity index (χ0) is 23.4. The molecule has 2 aromatic heterocycles. The Hall–Kier alpha value is -4.27. The molecule has 0 unspecified atom stereocenters. The van der Waals surface area contributed by atoms with Crippen LogP contribution in [0.3, 0.4) is 0 Å². The first-order valence-electron chi connectivity index (χ1n) is 10.1. The number of benzene rings is 2. The number of rotatable bonds is 8. The first kappa shape index (κ1) is 21.9. The van der Waals surface area contributed by atoms with Gasteiger partial charge in [0.25, 0.3) is 0 Å². The Morgan fingerprint density at radius 2 is 1.70 bits per heavy atom. The standard InChI is InChI=1S/C24H24N4O5/c1-30-17-7-5-6-15(8-17)9-23(29)27-22-13-26-21-12-25-18(14-28(21)22)16-10-19(31-2)24(33-4)20(11-16)32-3/h5-8,10-14H,9H2,1-4H3,(H,27,29). The van der Waals surface area contributed by atoms with Crippen LogP contribution >= 0.6 is 0 Å². The van der Waals surface area contributed by atoms with Gasteiger partial charge in [0.1, 0.15) is 11.6 Å². The smallest absolute Gasteiger partial charge is 0.229 e. The van der Waals surface area contributed by atoms with Gasteiger partial charge in [-0.15, -0.1) is 0 Å². The highest BCUT2D eigenvalue weighted by Crippen LogP contribution is 2.40. The van der Waals surface area contributed by atoms with E-state index in [1.165, 1.54) is 0 Å². The molecule has 0 aliphatic carbocycles. The van der Waals surface area contributed by atoms with E-state index in [1.54, 1.807) is 51.4 Å². The second-order valence-corrected chi connectivity index (χ2v) is 7.13. The first-order valence-corrected chi connectivity index (χ1v) is 10.1. The molecule has 9 nitrogen and oxygen atoms in total. The quantitative estimate of drug-likeness (QED) is 0.440. The van der Waals surface area contributed by atoms with Gasteiger partial charge in [0, 0.05) is 11.8 Å². The SMILES string of the molecule is COc1cccc(CC(=O)Nc2cnc3cnc(-c4cc(OC)c(OC)c(OC)c4)cn23)c1. The number of hydrogen-bond donors (Lipinski definition) is 1. The lowest BCUT2D eigenvalue weighted by molar-refractivity contribution is -0.115.